The van der Waals surface area contributed by atoms with E-state index in [1.807, 2.05) is 113 Å². The highest BCUT2D eigenvalue weighted by atomic mass is 16.2. The minimum Gasteiger partial charge on any atom is -0.352 e. The molecule has 6 aromatic heterocycles. The van der Waals surface area contributed by atoms with Crippen LogP contribution in [-0.2, 0) is 0 Å². The number of rotatable bonds is 11. The molecule has 66 heavy (non-hydrogen) atoms. The molecule has 0 bridgehead atoms. The van der Waals surface area contributed by atoms with E-state index in [9.17, 15) is 9.59 Å². The number of amides is 2. The van der Waals surface area contributed by atoms with Crippen molar-refractivity contribution in [2.45, 2.75) is 39.8 Å². The Morgan fingerprint density at radius 3 is 2.18 bits per heavy atom. The number of aromatic nitrogens is 10. The summed E-state index contributed by atoms with van der Waals surface area (Å²) in [5.74, 6) is 1.89. The molecular formula is C50H42N14O2. The van der Waals surface area contributed by atoms with Crippen LogP contribution in [0, 0.1) is 0 Å². The lowest BCUT2D eigenvalue weighted by atomic mass is 10.00. The Balaban J connectivity index is 0.978. The lowest BCUT2D eigenvalue weighted by Gasteiger charge is -2.15. The van der Waals surface area contributed by atoms with Crippen LogP contribution in [0.4, 0.5) is 23.0 Å². The van der Waals surface area contributed by atoms with Gasteiger partial charge >= 0.3 is 0 Å². The van der Waals surface area contributed by atoms with Gasteiger partial charge in [-0.15, -0.1) is 0 Å². The molecule has 8 N–H and O–H groups in total. The van der Waals surface area contributed by atoms with Crippen LogP contribution < -0.4 is 21.3 Å². The molecule has 0 saturated heterocycles. The van der Waals surface area contributed by atoms with E-state index in [-0.39, 0.29) is 23.9 Å². The van der Waals surface area contributed by atoms with Crippen molar-refractivity contribution in [3.05, 3.63) is 133 Å². The Kier molecular flexibility index (Phi) is 9.68. The summed E-state index contributed by atoms with van der Waals surface area (Å²) in [5.41, 5.74) is 10.0. The van der Waals surface area contributed by atoms with Gasteiger partial charge in [0.15, 0.2) is 11.6 Å². The number of H-pyrrole nitrogens is 4. The Bertz CT molecular complexity index is 3690. The maximum atomic E-state index is 12.9. The molecule has 0 saturated carbocycles. The van der Waals surface area contributed by atoms with Gasteiger partial charge in [0.25, 0.3) is 11.8 Å². The predicted molar refractivity (Wildman–Crippen MR) is 259 cm³/mol. The van der Waals surface area contributed by atoms with Gasteiger partial charge in [0.2, 0.25) is 0 Å². The largest absolute Gasteiger partial charge is 0.352 e. The molecule has 0 atom stereocenters. The number of nitrogens with zero attached hydrogens (tertiary/aromatic N) is 6. The van der Waals surface area contributed by atoms with Crippen LogP contribution >= 0.6 is 0 Å². The molecule has 6 heterocycles. The fourth-order valence-electron chi connectivity index (χ4n) is 8.17. The zero-order valence-electron chi connectivity index (χ0n) is 36.2. The summed E-state index contributed by atoms with van der Waals surface area (Å²) >= 11 is 0. The van der Waals surface area contributed by atoms with Gasteiger partial charge in [0.1, 0.15) is 17.3 Å². The predicted octanol–water partition coefficient (Wildman–Crippen LogP) is 9.90. The molecule has 2 amide bonds. The van der Waals surface area contributed by atoms with E-state index in [2.05, 4.69) is 74.8 Å². The average molecular weight is 871 g/mol. The molecular weight excluding hydrogens is 829 g/mol. The highest BCUT2D eigenvalue weighted by Crippen LogP contribution is 2.38. The molecule has 16 heteroatoms. The van der Waals surface area contributed by atoms with Crippen LogP contribution in [0.1, 0.15) is 48.5 Å². The molecule has 0 aliphatic rings. The van der Waals surface area contributed by atoms with Crippen molar-refractivity contribution >= 4 is 89.3 Å². The van der Waals surface area contributed by atoms with Crippen molar-refractivity contribution < 1.29 is 9.59 Å². The quantitative estimate of drug-likeness (QED) is 0.0614. The molecule has 0 aliphatic heterocycles. The highest BCUT2D eigenvalue weighted by Gasteiger charge is 2.18. The van der Waals surface area contributed by atoms with Gasteiger partial charge in [-0.05, 0) is 112 Å². The molecule has 0 radical (unpaired) electrons. The summed E-state index contributed by atoms with van der Waals surface area (Å²) in [7, 11) is 0. The molecule has 0 aliphatic carbocycles. The van der Waals surface area contributed by atoms with E-state index in [1.54, 1.807) is 18.6 Å². The first-order valence-corrected chi connectivity index (χ1v) is 21.5. The van der Waals surface area contributed by atoms with Crippen molar-refractivity contribution in [1.82, 2.24) is 60.9 Å². The number of anilines is 4. The van der Waals surface area contributed by atoms with Gasteiger partial charge in [-0.3, -0.25) is 19.8 Å². The number of fused-ring (bicyclic) bond motifs is 5. The number of hydrogen-bond acceptors (Lipinski definition) is 10. The van der Waals surface area contributed by atoms with E-state index < -0.39 is 0 Å². The van der Waals surface area contributed by atoms with Crippen LogP contribution in [0.3, 0.4) is 0 Å². The Morgan fingerprint density at radius 1 is 0.576 bits per heavy atom. The molecule has 0 fully saturated rings. The zero-order chi connectivity index (χ0) is 45.1. The van der Waals surface area contributed by atoms with Crippen LogP contribution in [0.15, 0.2) is 122 Å². The third-order valence-corrected chi connectivity index (χ3v) is 11.3. The fraction of sp³-hybridized carbons (Fsp3) is 0.120. The summed E-state index contributed by atoms with van der Waals surface area (Å²) in [6, 6.07) is 33.4. The van der Waals surface area contributed by atoms with Crippen molar-refractivity contribution in [3.63, 3.8) is 0 Å². The number of nitrogens with one attached hydrogen (secondary N) is 8. The standard InChI is InChI=1S/C50H42N14O2/c1-25(2)54-49(65)31-8-6-28-17-43(57-39(28)20-31)48-51-14-13-45(61-48)59-42-21-33-24-53-64-40(33)22-36(42)27-9-11-35-41(16-27)60-46(62-47(35)56-34-10-12-37-32(15-34)23-52-63-37)30-7-5-29-18-44(58-38(29)19-30)50(66)55-26(3)4/h5-26,57-58H,1-4H3,(H,52,63)(H,53,64)(H,54,65)(H,55,66)(H,51,59,61)(H,56,60,62). The second-order valence-corrected chi connectivity index (χ2v) is 16.9. The average Bonchev–Trinajstić information content (AvgIpc) is 4.14. The number of carbonyl (C=O) groups is 2. The molecule has 11 aromatic rings. The van der Waals surface area contributed by atoms with Gasteiger partial charge in [-0.25, -0.2) is 19.9 Å². The lowest BCUT2D eigenvalue weighted by Crippen LogP contribution is -2.30. The van der Waals surface area contributed by atoms with Gasteiger partial charge in [-0.2, -0.15) is 10.2 Å². The summed E-state index contributed by atoms with van der Waals surface area (Å²) in [6.07, 6.45) is 5.29. The van der Waals surface area contributed by atoms with E-state index in [0.29, 0.717) is 45.8 Å². The minimum absolute atomic E-state index is 0.00210. The Morgan fingerprint density at radius 2 is 1.33 bits per heavy atom. The molecule has 11 rings (SSSR count). The van der Waals surface area contributed by atoms with Crippen molar-refractivity contribution in [2.75, 3.05) is 10.6 Å². The summed E-state index contributed by atoms with van der Waals surface area (Å²) < 4.78 is 0. The van der Waals surface area contributed by atoms with E-state index in [0.717, 1.165) is 77.1 Å². The smallest absolute Gasteiger partial charge is 0.267 e. The van der Waals surface area contributed by atoms with Gasteiger partial charge < -0.3 is 31.2 Å². The van der Waals surface area contributed by atoms with Crippen LogP contribution in [-0.4, -0.2) is 74.2 Å². The van der Waals surface area contributed by atoms with Gasteiger partial charge in [0, 0.05) is 84.3 Å². The van der Waals surface area contributed by atoms with Crippen molar-refractivity contribution in [2.24, 2.45) is 0 Å². The van der Waals surface area contributed by atoms with Crippen LogP contribution in [0.5, 0.6) is 0 Å². The maximum absolute atomic E-state index is 12.9. The SMILES string of the molecule is CC(C)NC(=O)c1ccc2cc(-c3nccc(Nc4cc5cn[nH]c5cc4-c4ccc5c(Nc6ccc7[nH]ncc7c6)nc(-c6ccc7cc(C(=O)NC(C)C)[nH]c7c6)nc5c4)n3)[nH]c2c1. The van der Waals surface area contributed by atoms with E-state index in [1.165, 1.54) is 0 Å². The topological polar surface area (TPSA) is 223 Å². The van der Waals surface area contributed by atoms with E-state index in [4.69, 9.17) is 15.0 Å². The fourth-order valence-corrected chi connectivity index (χ4v) is 8.17. The summed E-state index contributed by atoms with van der Waals surface area (Å²) in [4.78, 5) is 52.1. The molecule has 5 aromatic carbocycles. The first-order valence-electron chi connectivity index (χ1n) is 21.5. The number of benzene rings is 5. The number of aromatic amines is 4. The minimum atomic E-state index is -0.168. The van der Waals surface area contributed by atoms with Crippen LogP contribution in [0.2, 0.25) is 0 Å². The van der Waals surface area contributed by atoms with Gasteiger partial charge in [-0.1, -0.05) is 24.3 Å². The molecule has 0 spiro atoms. The maximum Gasteiger partial charge on any atom is 0.267 e. The molecule has 16 nitrogen and oxygen atoms in total. The molecule has 324 valence electrons. The first kappa shape index (κ1) is 39.9. The van der Waals surface area contributed by atoms with Crippen molar-refractivity contribution in [3.8, 4) is 34.0 Å². The monoisotopic (exact) mass is 870 g/mol. The van der Waals surface area contributed by atoms with Gasteiger partial charge in [0.05, 0.1) is 34.6 Å². The highest BCUT2D eigenvalue weighted by molar-refractivity contribution is 6.02. The van der Waals surface area contributed by atoms with Crippen molar-refractivity contribution in [1.29, 1.82) is 0 Å². The summed E-state index contributed by atoms with van der Waals surface area (Å²) in [5, 5.41) is 32.2. The molecule has 0 unspecified atom stereocenters. The third-order valence-electron chi connectivity index (χ3n) is 11.3. The lowest BCUT2D eigenvalue weighted by molar-refractivity contribution is 0.0932. The third kappa shape index (κ3) is 7.65. The number of carbonyl (C=O) groups excluding carboxylic acids is 2. The van der Waals surface area contributed by atoms with Crippen LogP contribution in [0.25, 0.3) is 88.5 Å². The number of hydrogen-bond donors (Lipinski definition) is 8. The summed E-state index contributed by atoms with van der Waals surface area (Å²) in [6.45, 7) is 7.73. The Labute approximate surface area is 376 Å². The first-order chi connectivity index (χ1) is 32.1. The zero-order valence-corrected chi connectivity index (χ0v) is 36.2. The second-order valence-electron chi connectivity index (χ2n) is 16.9. The normalized spacial score (nSPS) is 11.7. The Hall–Kier alpha value is -8.92. The second kappa shape index (κ2) is 16.0. The van der Waals surface area contributed by atoms with E-state index >= 15 is 0 Å².